The zero-order valence-corrected chi connectivity index (χ0v) is 9.47. The number of hydrogen-bond donors (Lipinski definition) is 0. The highest BCUT2D eigenvalue weighted by molar-refractivity contribution is 4.72. The van der Waals surface area contributed by atoms with E-state index in [0.29, 0.717) is 0 Å². The molecule has 0 aromatic carbocycles. The van der Waals surface area contributed by atoms with E-state index in [-0.39, 0.29) is 5.60 Å². The first-order valence-electron chi connectivity index (χ1n) is 5.34. The van der Waals surface area contributed by atoms with Gasteiger partial charge in [-0.25, -0.2) is 0 Å². The van der Waals surface area contributed by atoms with Crippen LogP contribution >= 0.6 is 0 Å². The van der Waals surface area contributed by atoms with E-state index in [1.54, 1.807) is 0 Å². The molecule has 0 radical (unpaired) electrons. The van der Waals surface area contributed by atoms with Crippen LogP contribution in [0.3, 0.4) is 0 Å². The first kappa shape index (κ1) is 11.0. The second-order valence-corrected chi connectivity index (χ2v) is 5.16. The predicted molar refractivity (Wildman–Crippen MR) is 55.9 cm³/mol. The maximum Gasteiger partial charge on any atom is 0.0600 e. The molecular weight excluding hydrogens is 162 g/mol. The van der Waals surface area contributed by atoms with Gasteiger partial charge in [-0.2, -0.15) is 0 Å². The molecule has 0 amide bonds. The zero-order chi connectivity index (χ0) is 9.90. The fraction of sp³-hybridized carbons (Fsp3) is 1.00. The van der Waals surface area contributed by atoms with Crippen molar-refractivity contribution in [3.63, 3.8) is 0 Å². The molecule has 78 valence electrons. The van der Waals surface area contributed by atoms with E-state index < -0.39 is 0 Å². The van der Waals surface area contributed by atoms with Crippen molar-refractivity contribution in [2.45, 2.75) is 39.7 Å². The maximum atomic E-state index is 5.68. The summed E-state index contributed by atoms with van der Waals surface area (Å²) in [5, 5.41) is 0. The van der Waals surface area contributed by atoms with Crippen LogP contribution in [0, 0.1) is 5.92 Å². The molecule has 1 aliphatic heterocycles. The molecule has 0 aromatic heterocycles. The lowest BCUT2D eigenvalue weighted by atomic mass is 10.2. The Balaban J connectivity index is 2.07. The molecular formula is C11H23NO. The summed E-state index contributed by atoms with van der Waals surface area (Å²) < 4.78 is 5.68. The minimum absolute atomic E-state index is 0.0192. The minimum atomic E-state index is 0.0192. The number of ether oxygens (including phenoxy) is 1. The third-order valence-electron chi connectivity index (χ3n) is 2.45. The van der Waals surface area contributed by atoms with Gasteiger partial charge in [-0.1, -0.05) is 6.92 Å². The molecule has 1 rings (SSSR count). The Morgan fingerprint density at radius 2 is 2.08 bits per heavy atom. The quantitative estimate of drug-likeness (QED) is 0.668. The van der Waals surface area contributed by atoms with Gasteiger partial charge in [0.05, 0.1) is 12.2 Å². The fourth-order valence-corrected chi connectivity index (χ4v) is 1.71. The monoisotopic (exact) mass is 185 g/mol. The largest absolute Gasteiger partial charge is 0.375 e. The lowest BCUT2D eigenvalue weighted by molar-refractivity contribution is -0.0111. The Morgan fingerprint density at radius 1 is 1.38 bits per heavy atom. The molecule has 0 spiro atoms. The second-order valence-electron chi connectivity index (χ2n) is 5.16. The molecule has 1 atom stereocenters. The third kappa shape index (κ3) is 4.63. The van der Waals surface area contributed by atoms with Crippen LogP contribution < -0.4 is 0 Å². The highest BCUT2D eigenvalue weighted by atomic mass is 16.5. The van der Waals surface area contributed by atoms with Gasteiger partial charge < -0.3 is 9.64 Å². The summed E-state index contributed by atoms with van der Waals surface area (Å²) in [5.41, 5.74) is 0.0192. The number of hydrogen-bond acceptors (Lipinski definition) is 2. The number of likely N-dealkylation sites (tertiary alicyclic amines) is 1. The molecule has 2 nitrogen and oxygen atoms in total. The Labute approximate surface area is 82.3 Å². The SMILES string of the molecule is CC1CCN(CCOC(C)(C)C)C1. The van der Waals surface area contributed by atoms with Crippen LogP contribution in [0.4, 0.5) is 0 Å². The van der Waals surface area contributed by atoms with Crippen LogP contribution in [0.15, 0.2) is 0 Å². The van der Waals surface area contributed by atoms with E-state index in [1.807, 2.05) is 0 Å². The summed E-state index contributed by atoms with van der Waals surface area (Å²) >= 11 is 0. The van der Waals surface area contributed by atoms with Gasteiger partial charge in [-0.05, 0) is 39.7 Å². The van der Waals surface area contributed by atoms with E-state index in [9.17, 15) is 0 Å². The van der Waals surface area contributed by atoms with Crippen molar-refractivity contribution in [1.29, 1.82) is 0 Å². The molecule has 0 saturated carbocycles. The van der Waals surface area contributed by atoms with Gasteiger partial charge in [0, 0.05) is 13.1 Å². The highest BCUT2D eigenvalue weighted by Crippen LogP contribution is 2.14. The molecule has 0 N–H and O–H groups in total. The standard InChI is InChI=1S/C11H23NO/c1-10-5-6-12(9-10)7-8-13-11(2,3)4/h10H,5-9H2,1-4H3. The highest BCUT2D eigenvalue weighted by Gasteiger charge is 2.18. The van der Waals surface area contributed by atoms with Crippen molar-refractivity contribution in [2.75, 3.05) is 26.2 Å². The molecule has 1 saturated heterocycles. The van der Waals surface area contributed by atoms with E-state index in [0.717, 1.165) is 19.1 Å². The van der Waals surface area contributed by atoms with Crippen LogP contribution in [-0.2, 0) is 4.74 Å². The third-order valence-corrected chi connectivity index (χ3v) is 2.45. The van der Waals surface area contributed by atoms with Gasteiger partial charge in [0.2, 0.25) is 0 Å². The number of rotatable bonds is 3. The van der Waals surface area contributed by atoms with Crippen LogP contribution in [-0.4, -0.2) is 36.7 Å². The molecule has 1 heterocycles. The first-order valence-corrected chi connectivity index (χ1v) is 5.34. The lowest BCUT2D eigenvalue weighted by Gasteiger charge is -2.22. The van der Waals surface area contributed by atoms with Crippen molar-refractivity contribution in [1.82, 2.24) is 4.90 Å². The predicted octanol–water partition coefficient (Wildman–Crippen LogP) is 2.14. The topological polar surface area (TPSA) is 12.5 Å². The Kier molecular flexibility index (Phi) is 3.74. The summed E-state index contributed by atoms with van der Waals surface area (Å²) in [4.78, 5) is 2.50. The van der Waals surface area contributed by atoms with Crippen LogP contribution in [0.2, 0.25) is 0 Å². The zero-order valence-electron chi connectivity index (χ0n) is 9.47. The molecule has 2 heteroatoms. The molecule has 1 unspecified atom stereocenters. The van der Waals surface area contributed by atoms with Crippen molar-refractivity contribution >= 4 is 0 Å². The lowest BCUT2D eigenvalue weighted by Crippen LogP contribution is -2.29. The first-order chi connectivity index (χ1) is 5.97. The summed E-state index contributed by atoms with van der Waals surface area (Å²) in [6.07, 6.45) is 1.36. The van der Waals surface area contributed by atoms with Crippen molar-refractivity contribution in [2.24, 2.45) is 5.92 Å². The smallest absolute Gasteiger partial charge is 0.0600 e. The van der Waals surface area contributed by atoms with Gasteiger partial charge in [-0.15, -0.1) is 0 Å². The molecule has 1 fully saturated rings. The molecule has 0 bridgehead atoms. The Morgan fingerprint density at radius 3 is 2.54 bits per heavy atom. The number of nitrogens with zero attached hydrogens (tertiary/aromatic N) is 1. The van der Waals surface area contributed by atoms with Gasteiger partial charge in [0.1, 0.15) is 0 Å². The summed E-state index contributed by atoms with van der Waals surface area (Å²) in [5.74, 6) is 0.884. The fourth-order valence-electron chi connectivity index (χ4n) is 1.71. The average molecular weight is 185 g/mol. The second kappa shape index (κ2) is 4.43. The van der Waals surface area contributed by atoms with Gasteiger partial charge in [0.15, 0.2) is 0 Å². The van der Waals surface area contributed by atoms with E-state index in [4.69, 9.17) is 4.74 Å². The average Bonchev–Trinajstić information content (AvgIpc) is 2.33. The Hall–Kier alpha value is -0.0800. The molecule has 1 aliphatic rings. The van der Waals surface area contributed by atoms with Gasteiger partial charge in [-0.3, -0.25) is 0 Å². The van der Waals surface area contributed by atoms with Gasteiger partial charge in [0.25, 0.3) is 0 Å². The molecule has 13 heavy (non-hydrogen) atoms. The van der Waals surface area contributed by atoms with E-state index in [2.05, 4.69) is 32.6 Å². The van der Waals surface area contributed by atoms with Crippen LogP contribution in [0.5, 0.6) is 0 Å². The summed E-state index contributed by atoms with van der Waals surface area (Å²) in [7, 11) is 0. The summed E-state index contributed by atoms with van der Waals surface area (Å²) in [6.45, 7) is 13.1. The minimum Gasteiger partial charge on any atom is -0.375 e. The normalized spacial score (nSPS) is 25.4. The van der Waals surface area contributed by atoms with E-state index >= 15 is 0 Å². The van der Waals surface area contributed by atoms with Crippen molar-refractivity contribution in [3.05, 3.63) is 0 Å². The van der Waals surface area contributed by atoms with E-state index in [1.165, 1.54) is 19.5 Å². The van der Waals surface area contributed by atoms with Gasteiger partial charge >= 0.3 is 0 Å². The summed E-state index contributed by atoms with van der Waals surface area (Å²) in [6, 6.07) is 0. The van der Waals surface area contributed by atoms with Crippen LogP contribution in [0.1, 0.15) is 34.1 Å². The van der Waals surface area contributed by atoms with Crippen molar-refractivity contribution in [3.8, 4) is 0 Å². The Bertz CT molecular complexity index is 151. The maximum absolute atomic E-state index is 5.68. The molecule has 0 aromatic rings. The molecule has 0 aliphatic carbocycles. The van der Waals surface area contributed by atoms with Crippen LogP contribution in [0.25, 0.3) is 0 Å². The van der Waals surface area contributed by atoms with Crippen molar-refractivity contribution < 1.29 is 4.74 Å².